The second-order valence-corrected chi connectivity index (χ2v) is 6.16. The summed E-state index contributed by atoms with van der Waals surface area (Å²) in [7, 11) is 1.58. The minimum atomic E-state index is -0.748. The Bertz CT molecular complexity index is 792. The Morgan fingerprint density at radius 2 is 2.04 bits per heavy atom. The zero-order valence-corrected chi connectivity index (χ0v) is 13.9. The maximum absolute atomic E-state index is 12.0. The summed E-state index contributed by atoms with van der Waals surface area (Å²) >= 11 is 0. The van der Waals surface area contributed by atoms with Crippen molar-refractivity contribution in [1.29, 1.82) is 0 Å². The first-order valence-electron chi connectivity index (χ1n) is 8.00. The lowest BCUT2D eigenvalue weighted by molar-refractivity contribution is 0.0178. The van der Waals surface area contributed by atoms with Crippen LogP contribution in [0, 0.1) is 5.92 Å². The predicted octanol–water partition coefficient (Wildman–Crippen LogP) is 3.20. The topological polar surface area (TPSA) is 68.9 Å². The van der Waals surface area contributed by atoms with Gasteiger partial charge >= 0.3 is 5.63 Å². The van der Waals surface area contributed by atoms with Crippen molar-refractivity contribution in [3.05, 3.63) is 33.7 Å². The van der Waals surface area contributed by atoms with Crippen LogP contribution in [-0.2, 0) is 6.42 Å². The average molecular weight is 318 g/mol. The van der Waals surface area contributed by atoms with Crippen LogP contribution in [0.3, 0.4) is 0 Å². The average Bonchev–Trinajstić information content (AvgIpc) is 2.51. The van der Waals surface area contributed by atoms with Crippen LogP contribution in [0.2, 0.25) is 0 Å². The lowest BCUT2D eigenvalue weighted by Gasteiger charge is -2.34. The number of hydrogen-bond donors (Lipinski definition) is 1. The Morgan fingerprint density at radius 3 is 2.70 bits per heavy atom. The number of hydrogen-bond acceptors (Lipinski definition) is 5. The summed E-state index contributed by atoms with van der Waals surface area (Å²) in [6.07, 6.45) is 0.748. The molecule has 23 heavy (non-hydrogen) atoms. The Labute approximate surface area is 134 Å². The highest BCUT2D eigenvalue weighted by atomic mass is 16.5. The highest BCUT2D eigenvalue weighted by molar-refractivity contribution is 5.91. The van der Waals surface area contributed by atoms with E-state index in [0.29, 0.717) is 22.6 Å². The van der Waals surface area contributed by atoms with E-state index in [0.717, 1.165) is 23.8 Å². The van der Waals surface area contributed by atoms with Crippen molar-refractivity contribution in [3.63, 3.8) is 0 Å². The van der Waals surface area contributed by atoms with Gasteiger partial charge in [-0.15, -0.1) is 0 Å². The molecule has 3 atom stereocenters. The molecule has 0 amide bonds. The monoisotopic (exact) mass is 318 g/mol. The van der Waals surface area contributed by atoms with Crippen LogP contribution in [0.4, 0.5) is 0 Å². The van der Waals surface area contributed by atoms with E-state index < -0.39 is 11.7 Å². The third kappa shape index (κ3) is 2.49. The minimum Gasteiger partial charge on any atom is -0.496 e. The van der Waals surface area contributed by atoms with E-state index in [1.807, 2.05) is 20.8 Å². The maximum Gasteiger partial charge on any atom is 0.336 e. The van der Waals surface area contributed by atoms with Crippen molar-refractivity contribution in [3.8, 4) is 11.5 Å². The molecule has 5 heteroatoms. The molecule has 0 fully saturated rings. The first kappa shape index (κ1) is 15.9. The largest absolute Gasteiger partial charge is 0.496 e. The van der Waals surface area contributed by atoms with Crippen LogP contribution >= 0.6 is 0 Å². The fraction of sp³-hybridized carbons (Fsp3) is 0.500. The van der Waals surface area contributed by atoms with Crippen molar-refractivity contribution >= 4 is 11.0 Å². The van der Waals surface area contributed by atoms with Crippen molar-refractivity contribution in [1.82, 2.24) is 0 Å². The lowest BCUT2D eigenvalue weighted by Crippen LogP contribution is -2.32. The third-order valence-electron chi connectivity index (χ3n) is 4.65. The summed E-state index contributed by atoms with van der Waals surface area (Å²) in [6.45, 7) is 5.88. The Kier molecular flexibility index (Phi) is 4.06. The summed E-state index contributed by atoms with van der Waals surface area (Å²) in [6, 6.07) is 3.28. The van der Waals surface area contributed by atoms with Crippen LogP contribution in [0.15, 0.2) is 21.3 Å². The number of aliphatic hydroxyl groups excluding tert-OH is 1. The molecule has 1 aliphatic heterocycles. The van der Waals surface area contributed by atoms with E-state index in [9.17, 15) is 9.90 Å². The Hall–Kier alpha value is -2.01. The molecule has 124 valence electrons. The lowest BCUT2D eigenvalue weighted by atomic mass is 9.88. The molecule has 0 radical (unpaired) electrons. The van der Waals surface area contributed by atoms with Crippen molar-refractivity contribution < 1.29 is 19.0 Å². The zero-order valence-electron chi connectivity index (χ0n) is 13.9. The Morgan fingerprint density at radius 1 is 1.30 bits per heavy atom. The molecule has 5 nitrogen and oxygen atoms in total. The van der Waals surface area contributed by atoms with Gasteiger partial charge in [0, 0.05) is 18.1 Å². The van der Waals surface area contributed by atoms with E-state index in [2.05, 4.69) is 0 Å². The van der Waals surface area contributed by atoms with Crippen molar-refractivity contribution in [2.75, 3.05) is 7.11 Å². The molecular weight excluding hydrogens is 296 g/mol. The molecule has 1 N–H and O–H groups in total. The molecule has 1 aromatic carbocycles. The number of methoxy groups -OCH3 is 1. The first-order valence-corrected chi connectivity index (χ1v) is 8.00. The number of fused-ring (bicyclic) bond motifs is 3. The van der Waals surface area contributed by atoms with Crippen LogP contribution in [0.5, 0.6) is 11.5 Å². The second kappa shape index (κ2) is 5.89. The second-order valence-electron chi connectivity index (χ2n) is 6.16. The molecule has 0 saturated carbocycles. The summed E-state index contributed by atoms with van der Waals surface area (Å²) < 4.78 is 16.9. The normalized spacial score (nSPS) is 23.4. The molecular formula is C18H22O5. The van der Waals surface area contributed by atoms with Gasteiger partial charge in [-0.1, -0.05) is 20.3 Å². The van der Waals surface area contributed by atoms with Crippen molar-refractivity contribution in [2.45, 2.75) is 45.8 Å². The molecule has 0 unspecified atom stereocenters. The number of aliphatic hydroxyl groups is 1. The van der Waals surface area contributed by atoms with E-state index in [4.69, 9.17) is 13.9 Å². The quantitative estimate of drug-likeness (QED) is 0.880. The molecule has 1 aromatic heterocycles. The van der Waals surface area contributed by atoms with E-state index in [1.165, 1.54) is 6.07 Å². The van der Waals surface area contributed by atoms with Gasteiger partial charge in [-0.25, -0.2) is 4.79 Å². The highest BCUT2D eigenvalue weighted by Crippen LogP contribution is 2.46. The SMILES string of the molecule is CCCc1cc(=O)oc2c3c(cc(OC)c12)O[C@H](C)[C@@H](C)[C@@H]3O. The summed E-state index contributed by atoms with van der Waals surface area (Å²) in [4.78, 5) is 12.0. The predicted molar refractivity (Wildman–Crippen MR) is 87.2 cm³/mol. The maximum atomic E-state index is 12.0. The molecule has 1 aliphatic rings. The molecule has 2 heterocycles. The van der Waals surface area contributed by atoms with E-state index in [1.54, 1.807) is 13.2 Å². The summed E-state index contributed by atoms with van der Waals surface area (Å²) in [5.41, 5.74) is 1.37. The zero-order chi connectivity index (χ0) is 16.7. The molecule has 3 rings (SSSR count). The van der Waals surface area contributed by atoms with Crippen LogP contribution in [0.1, 0.15) is 44.4 Å². The minimum absolute atomic E-state index is 0.0979. The standard InChI is InChI=1S/C18H22O5/c1-5-6-11-7-14(19)23-18-15(11)12(21-4)8-13-16(18)17(20)9(2)10(3)22-13/h7-10,17,20H,5-6H2,1-4H3/t9-,10-,17+/m1/s1. The van der Waals surface area contributed by atoms with Crippen LogP contribution < -0.4 is 15.1 Å². The third-order valence-corrected chi connectivity index (χ3v) is 4.65. The number of ether oxygens (including phenoxy) is 2. The van der Waals surface area contributed by atoms with Crippen LogP contribution in [0.25, 0.3) is 11.0 Å². The number of benzene rings is 1. The van der Waals surface area contributed by atoms with Gasteiger partial charge < -0.3 is 19.0 Å². The highest BCUT2D eigenvalue weighted by Gasteiger charge is 2.35. The molecule has 0 aliphatic carbocycles. The smallest absolute Gasteiger partial charge is 0.336 e. The molecule has 0 saturated heterocycles. The molecule has 0 bridgehead atoms. The van der Waals surface area contributed by atoms with Gasteiger partial charge in [0.15, 0.2) is 5.58 Å². The van der Waals surface area contributed by atoms with Gasteiger partial charge in [0.2, 0.25) is 0 Å². The van der Waals surface area contributed by atoms with E-state index in [-0.39, 0.29) is 12.0 Å². The van der Waals surface area contributed by atoms with Gasteiger partial charge in [0.05, 0.1) is 24.2 Å². The van der Waals surface area contributed by atoms with Gasteiger partial charge in [-0.05, 0) is 18.9 Å². The molecule has 2 aromatic rings. The molecule has 0 spiro atoms. The summed E-state index contributed by atoms with van der Waals surface area (Å²) in [5.74, 6) is 1.02. The van der Waals surface area contributed by atoms with Gasteiger partial charge in [0.1, 0.15) is 17.6 Å². The van der Waals surface area contributed by atoms with Crippen molar-refractivity contribution in [2.24, 2.45) is 5.92 Å². The van der Waals surface area contributed by atoms with Gasteiger partial charge in [-0.3, -0.25) is 0 Å². The fourth-order valence-corrected chi connectivity index (χ4v) is 3.21. The first-order chi connectivity index (χ1) is 11.0. The van der Waals surface area contributed by atoms with Gasteiger partial charge in [0.25, 0.3) is 0 Å². The summed E-state index contributed by atoms with van der Waals surface area (Å²) in [5, 5.41) is 11.4. The van der Waals surface area contributed by atoms with Crippen LogP contribution in [-0.4, -0.2) is 18.3 Å². The number of aryl methyl sites for hydroxylation is 1. The van der Waals surface area contributed by atoms with E-state index >= 15 is 0 Å². The van der Waals surface area contributed by atoms with Gasteiger partial charge in [-0.2, -0.15) is 0 Å². The fourth-order valence-electron chi connectivity index (χ4n) is 3.21. The Balaban J connectivity index is 2.40. The number of rotatable bonds is 3.